The summed E-state index contributed by atoms with van der Waals surface area (Å²) in [6.45, 7) is 9.14. The second kappa shape index (κ2) is 4.98. The first-order chi connectivity index (χ1) is 9.60. The molecule has 1 aromatic rings. The highest BCUT2D eigenvalue weighted by Gasteiger charge is 2.64. The van der Waals surface area contributed by atoms with Crippen molar-refractivity contribution in [2.45, 2.75) is 27.7 Å². The topological polar surface area (TPSA) is 72.2 Å². The molecule has 2 rings (SSSR count). The van der Waals surface area contributed by atoms with Crippen LogP contribution in [0.3, 0.4) is 0 Å². The van der Waals surface area contributed by atoms with E-state index < -0.39 is 10.8 Å². The average Bonchev–Trinajstić information content (AvgIpc) is 2.76. The second-order valence-corrected chi connectivity index (χ2v) is 7.01. The molecule has 0 heterocycles. The monoisotopic (exact) mass is 310 g/mol. The highest BCUT2D eigenvalue weighted by Crippen LogP contribution is 2.67. The van der Waals surface area contributed by atoms with Gasteiger partial charge in [-0.1, -0.05) is 45.4 Å². The van der Waals surface area contributed by atoms with Crippen LogP contribution in [0, 0.1) is 26.9 Å². The van der Waals surface area contributed by atoms with Crippen LogP contribution in [0.25, 0.3) is 0 Å². The predicted octanol–water partition coefficient (Wildman–Crippen LogP) is 3.66. The van der Waals surface area contributed by atoms with Gasteiger partial charge < -0.3 is 5.32 Å². The van der Waals surface area contributed by atoms with Crippen molar-refractivity contribution in [2.75, 3.05) is 6.54 Å². The Balaban J connectivity index is 2.13. The number of nitrogens with zero attached hydrogens (tertiary/aromatic N) is 1. The number of nitro groups is 1. The number of carbonyl (C=O) groups excluding carboxylic acids is 1. The Morgan fingerprint density at radius 2 is 1.90 bits per heavy atom. The SMILES string of the molecule is CC1(C)C(CNC(=O)c2cccc(Cl)c2[N+](=O)[O-])C1(C)C. The molecule has 0 atom stereocenters. The van der Waals surface area contributed by atoms with Crippen molar-refractivity contribution < 1.29 is 9.72 Å². The Morgan fingerprint density at radius 1 is 1.33 bits per heavy atom. The Hall–Kier alpha value is -1.62. The van der Waals surface area contributed by atoms with Crippen LogP contribution in [0.2, 0.25) is 5.02 Å². The molecule has 1 fully saturated rings. The Labute approximate surface area is 128 Å². The second-order valence-electron chi connectivity index (χ2n) is 6.60. The lowest BCUT2D eigenvalue weighted by Gasteiger charge is -2.07. The van der Waals surface area contributed by atoms with Crippen molar-refractivity contribution >= 4 is 23.2 Å². The molecule has 0 aromatic heterocycles. The van der Waals surface area contributed by atoms with Crippen molar-refractivity contribution in [1.82, 2.24) is 5.32 Å². The van der Waals surface area contributed by atoms with Gasteiger partial charge in [0, 0.05) is 6.54 Å². The van der Waals surface area contributed by atoms with Gasteiger partial charge in [0.15, 0.2) is 0 Å². The molecule has 0 saturated heterocycles. The van der Waals surface area contributed by atoms with Crippen LogP contribution in [0.1, 0.15) is 38.1 Å². The molecule has 5 nitrogen and oxygen atoms in total. The van der Waals surface area contributed by atoms with E-state index in [1.54, 1.807) is 0 Å². The molecule has 21 heavy (non-hydrogen) atoms. The number of rotatable bonds is 4. The van der Waals surface area contributed by atoms with Crippen molar-refractivity contribution in [3.63, 3.8) is 0 Å². The van der Waals surface area contributed by atoms with Crippen molar-refractivity contribution in [3.05, 3.63) is 38.9 Å². The van der Waals surface area contributed by atoms with Crippen LogP contribution in [-0.2, 0) is 0 Å². The molecule has 1 N–H and O–H groups in total. The Kier molecular flexibility index (Phi) is 3.74. The van der Waals surface area contributed by atoms with Crippen LogP contribution in [0.4, 0.5) is 5.69 Å². The maximum absolute atomic E-state index is 12.2. The van der Waals surface area contributed by atoms with Crippen LogP contribution < -0.4 is 5.32 Å². The smallest absolute Gasteiger partial charge is 0.300 e. The van der Waals surface area contributed by atoms with Crippen LogP contribution >= 0.6 is 11.6 Å². The molecule has 1 aliphatic carbocycles. The summed E-state index contributed by atoms with van der Waals surface area (Å²) in [5, 5.41) is 13.8. The zero-order valence-corrected chi connectivity index (χ0v) is 13.3. The number of benzene rings is 1. The van der Waals surface area contributed by atoms with E-state index in [0.717, 1.165) is 0 Å². The zero-order valence-electron chi connectivity index (χ0n) is 12.6. The molecule has 1 aromatic carbocycles. The van der Waals surface area contributed by atoms with Crippen LogP contribution in [-0.4, -0.2) is 17.4 Å². The quantitative estimate of drug-likeness (QED) is 0.681. The number of halogens is 1. The standard InChI is InChI=1S/C15H19ClN2O3/c1-14(2)11(15(14,3)4)8-17-13(19)9-6-5-7-10(16)12(9)18(20)21/h5-7,11H,8H2,1-4H3,(H,17,19). The minimum atomic E-state index is -0.623. The highest BCUT2D eigenvalue weighted by molar-refractivity contribution is 6.33. The third-order valence-corrected chi connectivity index (χ3v) is 5.51. The summed E-state index contributed by atoms with van der Waals surface area (Å²) in [5.74, 6) is -0.102. The van der Waals surface area contributed by atoms with Gasteiger partial charge in [-0.05, 0) is 28.9 Å². The number of para-hydroxylation sites is 1. The summed E-state index contributed by atoms with van der Waals surface area (Å²) in [4.78, 5) is 22.6. The first kappa shape index (κ1) is 15.8. The molecule has 1 amide bonds. The van der Waals surface area contributed by atoms with Gasteiger partial charge in [-0.3, -0.25) is 14.9 Å². The summed E-state index contributed by atoms with van der Waals surface area (Å²) in [6, 6.07) is 4.36. The third-order valence-electron chi connectivity index (χ3n) is 5.20. The van der Waals surface area contributed by atoms with E-state index in [4.69, 9.17) is 11.6 Å². The maximum Gasteiger partial charge on any atom is 0.300 e. The van der Waals surface area contributed by atoms with Gasteiger partial charge >= 0.3 is 5.69 Å². The molecule has 1 saturated carbocycles. The predicted molar refractivity (Wildman–Crippen MR) is 81.5 cm³/mol. The molecule has 114 valence electrons. The van der Waals surface area contributed by atoms with E-state index in [-0.39, 0.29) is 27.1 Å². The van der Waals surface area contributed by atoms with Gasteiger partial charge in [-0.25, -0.2) is 0 Å². The van der Waals surface area contributed by atoms with E-state index in [9.17, 15) is 14.9 Å². The fourth-order valence-electron chi connectivity index (χ4n) is 3.02. The van der Waals surface area contributed by atoms with E-state index >= 15 is 0 Å². The lowest BCUT2D eigenvalue weighted by Crippen LogP contribution is -2.27. The molecular weight excluding hydrogens is 292 g/mol. The average molecular weight is 311 g/mol. The third kappa shape index (κ3) is 2.50. The number of nitrogens with one attached hydrogen (secondary N) is 1. The van der Waals surface area contributed by atoms with Gasteiger partial charge in [0.1, 0.15) is 10.6 Å². The van der Waals surface area contributed by atoms with Gasteiger partial charge in [0.25, 0.3) is 5.91 Å². The summed E-state index contributed by atoms with van der Waals surface area (Å²) in [7, 11) is 0. The lowest BCUT2D eigenvalue weighted by molar-refractivity contribution is -0.385. The van der Waals surface area contributed by atoms with E-state index in [0.29, 0.717) is 12.5 Å². The number of nitro benzene ring substituents is 1. The van der Waals surface area contributed by atoms with Crippen LogP contribution in [0.15, 0.2) is 18.2 Å². The largest absolute Gasteiger partial charge is 0.351 e. The van der Waals surface area contributed by atoms with Gasteiger partial charge in [0.2, 0.25) is 0 Å². The van der Waals surface area contributed by atoms with Crippen molar-refractivity contribution in [3.8, 4) is 0 Å². The van der Waals surface area contributed by atoms with E-state index in [1.807, 2.05) is 0 Å². The first-order valence-electron chi connectivity index (χ1n) is 6.82. The molecule has 0 radical (unpaired) electrons. The minimum absolute atomic E-state index is 0.00348. The number of hydrogen-bond donors (Lipinski definition) is 1. The fourth-order valence-corrected chi connectivity index (χ4v) is 3.26. The maximum atomic E-state index is 12.2. The highest BCUT2D eigenvalue weighted by atomic mass is 35.5. The summed E-state index contributed by atoms with van der Waals surface area (Å²) in [5.41, 5.74) is -0.0316. The molecular formula is C15H19ClN2O3. The van der Waals surface area contributed by atoms with Gasteiger partial charge in [0.05, 0.1) is 4.92 Å². The van der Waals surface area contributed by atoms with E-state index in [1.165, 1.54) is 18.2 Å². The van der Waals surface area contributed by atoms with Gasteiger partial charge in [-0.15, -0.1) is 0 Å². The molecule has 1 aliphatic rings. The number of carbonyl (C=O) groups is 1. The fraction of sp³-hybridized carbons (Fsp3) is 0.533. The zero-order chi connectivity index (χ0) is 16.0. The minimum Gasteiger partial charge on any atom is -0.351 e. The van der Waals surface area contributed by atoms with Crippen LogP contribution in [0.5, 0.6) is 0 Å². The van der Waals surface area contributed by atoms with Gasteiger partial charge in [-0.2, -0.15) is 0 Å². The molecule has 0 aliphatic heterocycles. The molecule has 0 spiro atoms. The first-order valence-corrected chi connectivity index (χ1v) is 7.19. The van der Waals surface area contributed by atoms with Crippen molar-refractivity contribution in [2.24, 2.45) is 16.7 Å². The summed E-state index contributed by atoms with van der Waals surface area (Å²) in [6.07, 6.45) is 0. The Morgan fingerprint density at radius 3 is 2.38 bits per heavy atom. The van der Waals surface area contributed by atoms with Crippen molar-refractivity contribution in [1.29, 1.82) is 0 Å². The summed E-state index contributed by atoms with van der Waals surface area (Å²) >= 11 is 5.81. The molecule has 0 unspecified atom stereocenters. The molecule has 0 bridgehead atoms. The normalized spacial score (nSPS) is 19.1. The molecule has 6 heteroatoms. The number of amides is 1. The number of hydrogen-bond acceptors (Lipinski definition) is 3. The van der Waals surface area contributed by atoms with E-state index in [2.05, 4.69) is 33.0 Å². The summed E-state index contributed by atoms with van der Waals surface area (Å²) < 4.78 is 0. The Bertz CT molecular complexity index is 597. The lowest BCUT2D eigenvalue weighted by atomic mass is 10.0.